The second kappa shape index (κ2) is 4.13. The van der Waals surface area contributed by atoms with Gasteiger partial charge >= 0.3 is 0 Å². The van der Waals surface area contributed by atoms with E-state index in [4.69, 9.17) is 5.21 Å². The number of nitrogens with zero attached hydrogens (tertiary/aromatic N) is 1. The van der Waals surface area contributed by atoms with Crippen LogP contribution in [0, 0.1) is 0 Å². The van der Waals surface area contributed by atoms with E-state index in [1.807, 2.05) is 19.9 Å². The first kappa shape index (κ1) is 8.21. The third-order valence-electron chi connectivity index (χ3n) is 1.23. The van der Waals surface area contributed by atoms with Crippen LogP contribution in [0.15, 0.2) is 11.8 Å². The number of rotatable bonds is 2. The zero-order chi connectivity index (χ0) is 7.28. The van der Waals surface area contributed by atoms with Gasteiger partial charge in [0, 0.05) is 13.3 Å². The summed E-state index contributed by atoms with van der Waals surface area (Å²) in [5.74, 6) is 0. The third-order valence-corrected chi connectivity index (χ3v) is 1.23. The molecular weight excluding hydrogens is 114 g/mol. The zero-order valence-electron chi connectivity index (χ0n) is 6.26. The SMILES string of the molecule is CC=C(CC)[N+](O)=CC. The van der Waals surface area contributed by atoms with E-state index in [0.717, 1.165) is 16.9 Å². The minimum absolute atomic E-state index is 0.858. The highest BCUT2D eigenvalue weighted by molar-refractivity contribution is 5.46. The first-order valence-electron chi connectivity index (χ1n) is 3.19. The summed E-state index contributed by atoms with van der Waals surface area (Å²) in [6.07, 6.45) is 4.37. The summed E-state index contributed by atoms with van der Waals surface area (Å²) in [5.41, 5.74) is 0.928. The molecule has 0 aliphatic carbocycles. The lowest BCUT2D eigenvalue weighted by atomic mass is 10.3. The summed E-state index contributed by atoms with van der Waals surface area (Å²) in [5, 5.41) is 9.03. The molecule has 0 spiro atoms. The van der Waals surface area contributed by atoms with Crippen molar-refractivity contribution < 1.29 is 9.95 Å². The molecule has 1 N–H and O–H groups in total. The van der Waals surface area contributed by atoms with Gasteiger partial charge in [0.05, 0.1) is 0 Å². The molecular formula is C7H14NO+. The van der Waals surface area contributed by atoms with Crippen LogP contribution in [0.3, 0.4) is 0 Å². The predicted molar refractivity (Wildman–Crippen MR) is 37.8 cm³/mol. The predicted octanol–water partition coefficient (Wildman–Crippen LogP) is 1.79. The van der Waals surface area contributed by atoms with Crippen LogP contribution in [0.5, 0.6) is 0 Å². The molecule has 0 saturated carbocycles. The van der Waals surface area contributed by atoms with Gasteiger partial charge in [0.1, 0.15) is 0 Å². The third kappa shape index (κ3) is 2.31. The Balaban J connectivity index is 4.14. The summed E-state index contributed by atoms with van der Waals surface area (Å²) in [7, 11) is 0. The topological polar surface area (TPSA) is 23.2 Å². The van der Waals surface area contributed by atoms with Gasteiger partial charge in [0.25, 0.3) is 0 Å². The van der Waals surface area contributed by atoms with E-state index in [-0.39, 0.29) is 0 Å². The molecule has 0 amide bonds. The lowest BCUT2D eigenvalue weighted by Crippen LogP contribution is -2.04. The highest BCUT2D eigenvalue weighted by Gasteiger charge is 2.03. The van der Waals surface area contributed by atoms with Crippen molar-refractivity contribution in [1.82, 2.24) is 0 Å². The molecule has 0 unspecified atom stereocenters. The molecule has 52 valence electrons. The van der Waals surface area contributed by atoms with E-state index < -0.39 is 0 Å². The molecule has 0 radical (unpaired) electrons. The molecule has 9 heavy (non-hydrogen) atoms. The van der Waals surface area contributed by atoms with Gasteiger partial charge in [-0.05, 0) is 17.7 Å². The molecule has 0 rings (SSSR count). The van der Waals surface area contributed by atoms with Crippen LogP contribution in [0.25, 0.3) is 0 Å². The minimum Gasteiger partial charge on any atom is -0.285 e. The van der Waals surface area contributed by atoms with E-state index >= 15 is 0 Å². The molecule has 0 heterocycles. The maximum atomic E-state index is 9.03. The second-order valence-corrected chi connectivity index (χ2v) is 1.74. The first-order valence-corrected chi connectivity index (χ1v) is 3.19. The lowest BCUT2D eigenvalue weighted by molar-refractivity contribution is -0.736. The standard InChI is InChI=1S/C7H14NO/c1-4-7(5-2)8(9)6-3/h4,6,9H,5H2,1-3H3/q+1. The number of hydroxylamine groups is 1. The molecule has 0 fully saturated rings. The lowest BCUT2D eigenvalue weighted by Gasteiger charge is -1.90. The molecule has 0 aromatic heterocycles. The smallest absolute Gasteiger partial charge is 0.229 e. The van der Waals surface area contributed by atoms with Crippen molar-refractivity contribution >= 4 is 6.21 Å². The maximum absolute atomic E-state index is 9.03. The Morgan fingerprint density at radius 2 is 2.11 bits per heavy atom. The van der Waals surface area contributed by atoms with Gasteiger partial charge in [-0.2, -0.15) is 0 Å². The minimum atomic E-state index is 0.858. The largest absolute Gasteiger partial charge is 0.285 e. The van der Waals surface area contributed by atoms with Gasteiger partial charge < -0.3 is 0 Å². The van der Waals surface area contributed by atoms with Crippen molar-refractivity contribution in [2.45, 2.75) is 27.2 Å². The number of allylic oxidation sites excluding steroid dienone is 2. The van der Waals surface area contributed by atoms with Crippen molar-refractivity contribution in [3.63, 3.8) is 0 Å². The van der Waals surface area contributed by atoms with Crippen LogP contribution in [0.1, 0.15) is 27.2 Å². The summed E-state index contributed by atoms with van der Waals surface area (Å²) in [6.45, 7) is 5.70. The molecule has 2 nitrogen and oxygen atoms in total. The molecule has 0 aliphatic heterocycles. The van der Waals surface area contributed by atoms with Crippen molar-refractivity contribution in [2.24, 2.45) is 0 Å². The van der Waals surface area contributed by atoms with Gasteiger partial charge in [-0.25, -0.2) is 0 Å². The Morgan fingerprint density at radius 1 is 1.56 bits per heavy atom. The Kier molecular flexibility index (Phi) is 3.76. The molecule has 0 atom stereocenters. The van der Waals surface area contributed by atoms with Gasteiger partial charge in [0.15, 0.2) is 6.21 Å². The fraction of sp³-hybridized carbons (Fsp3) is 0.571. The van der Waals surface area contributed by atoms with Crippen LogP contribution >= 0.6 is 0 Å². The fourth-order valence-electron chi connectivity index (χ4n) is 0.664. The molecule has 0 aliphatic rings. The van der Waals surface area contributed by atoms with E-state index in [1.165, 1.54) is 0 Å². The normalized spacial score (nSPS) is 14.1. The van der Waals surface area contributed by atoms with Crippen LogP contribution in [-0.2, 0) is 0 Å². The van der Waals surface area contributed by atoms with Crippen molar-refractivity contribution in [2.75, 3.05) is 0 Å². The average molecular weight is 128 g/mol. The molecule has 0 aromatic carbocycles. The van der Waals surface area contributed by atoms with E-state index in [2.05, 4.69) is 0 Å². The fourth-order valence-corrected chi connectivity index (χ4v) is 0.664. The average Bonchev–Trinajstić information content (AvgIpc) is 1.90. The zero-order valence-corrected chi connectivity index (χ0v) is 6.26. The van der Waals surface area contributed by atoms with E-state index in [0.29, 0.717) is 0 Å². The summed E-state index contributed by atoms with van der Waals surface area (Å²) in [4.78, 5) is 0. The molecule has 0 bridgehead atoms. The van der Waals surface area contributed by atoms with Crippen LogP contribution in [0.4, 0.5) is 0 Å². The summed E-state index contributed by atoms with van der Waals surface area (Å²) in [6, 6.07) is 0. The van der Waals surface area contributed by atoms with Gasteiger partial charge in [0.2, 0.25) is 5.70 Å². The van der Waals surface area contributed by atoms with Crippen LogP contribution < -0.4 is 0 Å². The molecule has 2 heteroatoms. The van der Waals surface area contributed by atoms with Gasteiger partial charge in [-0.15, -0.1) is 0 Å². The number of hydrogen-bond acceptors (Lipinski definition) is 1. The Hall–Kier alpha value is -0.790. The molecule has 0 aromatic rings. The Morgan fingerprint density at radius 3 is 2.22 bits per heavy atom. The first-order chi connectivity index (χ1) is 4.26. The Labute approximate surface area is 56.1 Å². The van der Waals surface area contributed by atoms with E-state index in [9.17, 15) is 0 Å². The van der Waals surface area contributed by atoms with Crippen molar-refractivity contribution in [3.8, 4) is 0 Å². The van der Waals surface area contributed by atoms with Crippen molar-refractivity contribution in [1.29, 1.82) is 0 Å². The van der Waals surface area contributed by atoms with Crippen molar-refractivity contribution in [3.05, 3.63) is 11.8 Å². The Bertz CT molecular complexity index is 136. The van der Waals surface area contributed by atoms with Gasteiger partial charge in [-0.1, -0.05) is 6.92 Å². The molecule has 0 saturated heterocycles. The van der Waals surface area contributed by atoms with E-state index in [1.54, 1.807) is 13.1 Å². The second-order valence-electron chi connectivity index (χ2n) is 1.74. The highest BCUT2D eigenvalue weighted by Crippen LogP contribution is 1.97. The summed E-state index contributed by atoms with van der Waals surface area (Å²) < 4.78 is 1.14. The van der Waals surface area contributed by atoms with Crippen LogP contribution in [-0.4, -0.2) is 16.2 Å². The highest BCUT2D eigenvalue weighted by atomic mass is 16.5. The van der Waals surface area contributed by atoms with Crippen LogP contribution in [0.2, 0.25) is 0 Å². The summed E-state index contributed by atoms with van der Waals surface area (Å²) >= 11 is 0. The van der Waals surface area contributed by atoms with Gasteiger partial charge in [-0.3, -0.25) is 5.21 Å². The maximum Gasteiger partial charge on any atom is 0.229 e. The monoisotopic (exact) mass is 128 g/mol. The quantitative estimate of drug-likeness (QED) is 0.260. The number of hydrogen-bond donors (Lipinski definition) is 1.